The quantitative estimate of drug-likeness (QED) is 0.938. The number of nitrogens with zero attached hydrogens (tertiary/aromatic N) is 2. The first kappa shape index (κ1) is 15.6. The van der Waals surface area contributed by atoms with Gasteiger partial charge < -0.3 is 14.9 Å². The van der Waals surface area contributed by atoms with Crippen LogP contribution in [0.15, 0.2) is 53.7 Å². The molecule has 1 aliphatic rings. The maximum atomic E-state index is 12.3. The van der Waals surface area contributed by atoms with Crippen LogP contribution in [0.25, 0.3) is 0 Å². The summed E-state index contributed by atoms with van der Waals surface area (Å²) in [5, 5.41) is 15.6. The van der Waals surface area contributed by atoms with Crippen LogP contribution in [0.2, 0.25) is 0 Å². The number of nitriles is 1. The number of para-hydroxylation sites is 1. The molecular formula is C18H15N3O3. The summed E-state index contributed by atoms with van der Waals surface area (Å²) in [7, 11) is 1.59. The van der Waals surface area contributed by atoms with Gasteiger partial charge in [-0.25, -0.2) is 0 Å². The Labute approximate surface area is 139 Å². The van der Waals surface area contributed by atoms with Crippen molar-refractivity contribution in [2.45, 2.75) is 12.5 Å². The first-order chi connectivity index (χ1) is 11.7. The standard InChI is InChI=1S/C18H15N3O3/c1-23-16-5-3-2-4-14(16)15-10-17(24-21-15)18(22)20-13-8-6-12(11-19)7-9-13/h2-9,17H,10H2,1H3,(H,20,22)/t17-/m0/s1. The molecule has 0 bridgehead atoms. The molecule has 1 N–H and O–H groups in total. The number of methoxy groups -OCH3 is 1. The first-order valence-corrected chi connectivity index (χ1v) is 7.38. The molecule has 2 aromatic rings. The van der Waals surface area contributed by atoms with Crippen LogP contribution >= 0.6 is 0 Å². The second-order valence-electron chi connectivity index (χ2n) is 5.21. The molecule has 0 saturated carbocycles. The third-order valence-electron chi connectivity index (χ3n) is 3.66. The first-order valence-electron chi connectivity index (χ1n) is 7.38. The highest BCUT2D eigenvalue weighted by Gasteiger charge is 2.30. The Morgan fingerprint density at radius 1 is 1.29 bits per heavy atom. The molecule has 3 rings (SSSR count). The largest absolute Gasteiger partial charge is 0.496 e. The van der Waals surface area contributed by atoms with Crippen molar-refractivity contribution in [1.82, 2.24) is 0 Å². The lowest BCUT2D eigenvalue weighted by molar-refractivity contribution is -0.125. The highest BCUT2D eigenvalue weighted by Crippen LogP contribution is 2.25. The van der Waals surface area contributed by atoms with E-state index < -0.39 is 6.10 Å². The Hall–Kier alpha value is -3.33. The number of benzene rings is 2. The lowest BCUT2D eigenvalue weighted by Crippen LogP contribution is -2.28. The van der Waals surface area contributed by atoms with E-state index in [1.165, 1.54) is 0 Å². The molecule has 0 saturated heterocycles. The van der Waals surface area contributed by atoms with Gasteiger partial charge in [0.2, 0.25) is 6.10 Å². The van der Waals surface area contributed by atoms with Crippen LogP contribution in [0.1, 0.15) is 17.5 Å². The summed E-state index contributed by atoms with van der Waals surface area (Å²) in [6.45, 7) is 0. The monoisotopic (exact) mass is 321 g/mol. The number of hydrogen-bond acceptors (Lipinski definition) is 5. The van der Waals surface area contributed by atoms with E-state index in [1.54, 1.807) is 31.4 Å². The summed E-state index contributed by atoms with van der Waals surface area (Å²) in [6, 6.07) is 16.1. The molecule has 6 heteroatoms. The van der Waals surface area contributed by atoms with E-state index in [0.29, 0.717) is 29.1 Å². The molecule has 6 nitrogen and oxygen atoms in total. The summed E-state index contributed by atoms with van der Waals surface area (Å²) < 4.78 is 5.31. The minimum Gasteiger partial charge on any atom is -0.496 e. The van der Waals surface area contributed by atoms with Crippen molar-refractivity contribution in [3.05, 3.63) is 59.7 Å². The maximum absolute atomic E-state index is 12.3. The van der Waals surface area contributed by atoms with Gasteiger partial charge >= 0.3 is 0 Å². The molecule has 1 aliphatic heterocycles. The molecule has 1 amide bonds. The minimum atomic E-state index is -0.694. The van der Waals surface area contributed by atoms with Gasteiger partial charge in [-0.1, -0.05) is 17.3 Å². The number of anilines is 1. The second-order valence-corrected chi connectivity index (χ2v) is 5.21. The molecular weight excluding hydrogens is 306 g/mol. The Morgan fingerprint density at radius 3 is 2.75 bits per heavy atom. The van der Waals surface area contributed by atoms with E-state index in [1.807, 2.05) is 30.3 Å². The molecule has 0 spiro atoms. The highest BCUT2D eigenvalue weighted by atomic mass is 16.6. The third kappa shape index (κ3) is 3.20. The number of nitrogens with one attached hydrogen (secondary N) is 1. The average Bonchev–Trinajstić information content (AvgIpc) is 3.12. The second kappa shape index (κ2) is 6.84. The smallest absolute Gasteiger partial charge is 0.268 e. The Bertz CT molecular complexity index is 822. The molecule has 0 radical (unpaired) electrons. The van der Waals surface area contributed by atoms with Gasteiger partial charge in [0.05, 0.1) is 24.5 Å². The van der Waals surface area contributed by atoms with Crippen LogP contribution in [0, 0.1) is 11.3 Å². The molecule has 0 aromatic heterocycles. The van der Waals surface area contributed by atoms with Crippen molar-refractivity contribution in [3.8, 4) is 11.8 Å². The van der Waals surface area contributed by atoms with Gasteiger partial charge in [0.1, 0.15) is 5.75 Å². The lowest BCUT2D eigenvalue weighted by Gasteiger charge is -2.10. The van der Waals surface area contributed by atoms with E-state index in [9.17, 15) is 4.79 Å². The van der Waals surface area contributed by atoms with Crippen LogP contribution in [0.5, 0.6) is 5.75 Å². The van der Waals surface area contributed by atoms with Gasteiger partial charge in [-0.3, -0.25) is 4.79 Å². The van der Waals surface area contributed by atoms with Gasteiger partial charge in [0.25, 0.3) is 5.91 Å². The van der Waals surface area contributed by atoms with Crippen LogP contribution in [0.4, 0.5) is 5.69 Å². The highest BCUT2D eigenvalue weighted by molar-refractivity contribution is 6.07. The summed E-state index contributed by atoms with van der Waals surface area (Å²) in [6.07, 6.45) is -0.330. The normalized spacial score (nSPS) is 15.8. The van der Waals surface area contributed by atoms with Crippen LogP contribution < -0.4 is 10.1 Å². The number of oxime groups is 1. The molecule has 2 aromatic carbocycles. The zero-order valence-electron chi connectivity index (χ0n) is 13.0. The van der Waals surface area contributed by atoms with Crippen molar-refractivity contribution < 1.29 is 14.4 Å². The average molecular weight is 321 g/mol. The SMILES string of the molecule is COc1ccccc1C1=NO[C@H](C(=O)Nc2ccc(C#N)cc2)C1. The van der Waals surface area contributed by atoms with Crippen LogP contribution in [0.3, 0.4) is 0 Å². The minimum absolute atomic E-state index is 0.284. The molecule has 0 aliphatic carbocycles. The topological polar surface area (TPSA) is 83.7 Å². The predicted molar refractivity (Wildman–Crippen MR) is 88.8 cm³/mol. The zero-order valence-corrected chi connectivity index (χ0v) is 13.0. The van der Waals surface area contributed by atoms with Gasteiger partial charge in [-0.2, -0.15) is 5.26 Å². The van der Waals surface area contributed by atoms with E-state index >= 15 is 0 Å². The van der Waals surface area contributed by atoms with Crippen molar-refractivity contribution in [1.29, 1.82) is 5.26 Å². The Balaban J connectivity index is 1.65. The Morgan fingerprint density at radius 2 is 2.04 bits per heavy atom. The van der Waals surface area contributed by atoms with Gasteiger partial charge in [-0.15, -0.1) is 0 Å². The number of carbonyl (C=O) groups excluding carboxylic acids is 1. The van der Waals surface area contributed by atoms with Crippen molar-refractivity contribution in [2.24, 2.45) is 5.16 Å². The van der Waals surface area contributed by atoms with Crippen molar-refractivity contribution in [3.63, 3.8) is 0 Å². The molecule has 0 fully saturated rings. The van der Waals surface area contributed by atoms with E-state index in [2.05, 4.69) is 10.5 Å². The maximum Gasteiger partial charge on any atom is 0.268 e. The van der Waals surface area contributed by atoms with E-state index in [0.717, 1.165) is 5.56 Å². The van der Waals surface area contributed by atoms with E-state index in [-0.39, 0.29) is 5.91 Å². The van der Waals surface area contributed by atoms with Gasteiger partial charge in [0, 0.05) is 17.7 Å². The lowest BCUT2D eigenvalue weighted by atomic mass is 10.0. The zero-order chi connectivity index (χ0) is 16.9. The summed E-state index contributed by atoms with van der Waals surface area (Å²) in [5.41, 5.74) is 2.63. The van der Waals surface area contributed by atoms with E-state index in [4.69, 9.17) is 14.8 Å². The van der Waals surface area contributed by atoms with Crippen LogP contribution in [-0.4, -0.2) is 24.8 Å². The van der Waals surface area contributed by atoms with Crippen molar-refractivity contribution in [2.75, 3.05) is 12.4 Å². The fraction of sp³-hybridized carbons (Fsp3) is 0.167. The molecule has 1 atom stereocenters. The predicted octanol–water partition coefficient (Wildman–Crippen LogP) is 2.70. The summed E-state index contributed by atoms with van der Waals surface area (Å²) in [4.78, 5) is 17.6. The molecule has 24 heavy (non-hydrogen) atoms. The Kier molecular flexibility index (Phi) is 4.43. The number of rotatable bonds is 4. The van der Waals surface area contributed by atoms with Gasteiger partial charge in [-0.05, 0) is 36.4 Å². The number of carbonyl (C=O) groups is 1. The third-order valence-corrected chi connectivity index (χ3v) is 3.66. The van der Waals surface area contributed by atoms with Crippen LogP contribution in [-0.2, 0) is 9.63 Å². The summed E-state index contributed by atoms with van der Waals surface area (Å²) >= 11 is 0. The summed E-state index contributed by atoms with van der Waals surface area (Å²) in [5.74, 6) is 0.404. The fourth-order valence-electron chi connectivity index (χ4n) is 2.41. The molecule has 1 heterocycles. The fourth-order valence-corrected chi connectivity index (χ4v) is 2.41. The number of hydrogen-bond donors (Lipinski definition) is 1. The number of amides is 1. The van der Waals surface area contributed by atoms with Crippen molar-refractivity contribution >= 4 is 17.3 Å². The molecule has 120 valence electrons. The number of ether oxygens (including phenoxy) is 1. The van der Waals surface area contributed by atoms with Gasteiger partial charge in [0.15, 0.2) is 0 Å². The molecule has 0 unspecified atom stereocenters.